The monoisotopic (exact) mass is 291 g/mol. The maximum absolute atomic E-state index is 12.4. The quantitative estimate of drug-likeness (QED) is 0.831. The van der Waals surface area contributed by atoms with E-state index in [1.54, 1.807) is 0 Å². The van der Waals surface area contributed by atoms with Gasteiger partial charge in [0, 0.05) is 12.6 Å². The van der Waals surface area contributed by atoms with Crippen LogP contribution in [0.1, 0.15) is 37.9 Å². The topological polar surface area (TPSA) is 75.4 Å². The van der Waals surface area contributed by atoms with Gasteiger partial charge in [-0.2, -0.15) is 0 Å². The number of hydrogen-bond donors (Lipinski definition) is 2. The van der Waals surface area contributed by atoms with E-state index >= 15 is 0 Å². The summed E-state index contributed by atoms with van der Waals surface area (Å²) >= 11 is 0. The number of carbonyl (C=O) groups excluding carboxylic acids is 2. The second kappa shape index (κ2) is 7.78. The van der Waals surface area contributed by atoms with Crippen LogP contribution in [0.4, 0.5) is 0 Å². The Morgan fingerprint density at radius 1 is 1.24 bits per heavy atom. The van der Waals surface area contributed by atoms with E-state index in [0.29, 0.717) is 6.54 Å². The zero-order chi connectivity index (χ0) is 16.0. The Balaban J connectivity index is 2.73. The van der Waals surface area contributed by atoms with Crippen molar-refractivity contribution in [2.75, 3.05) is 13.1 Å². The standard InChI is InChI=1S/C16H25N3O2/c1-5-19(10-14(20)18-11(2)3)16(21)15(17)13-8-6-12(4)7-9-13/h6-9,11,15H,5,10,17H2,1-4H3,(H,18,20). The van der Waals surface area contributed by atoms with Gasteiger partial charge in [-0.15, -0.1) is 0 Å². The fraction of sp³-hybridized carbons (Fsp3) is 0.500. The van der Waals surface area contributed by atoms with E-state index in [1.807, 2.05) is 52.0 Å². The lowest BCUT2D eigenvalue weighted by Gasteiger charge is -2.24. The Bertz CT molecular complexity index is 483. The van der Waals surface area contributed by atoms with Crippen molar-refractivity contribution < 1.29 is 9.59 Å². The summed E-state index contributed by atoms with van der Waals surface area (Å²) in [5, 5.41) is 2.77. The number of likely N-dealkylation sites (N-methyl/N-ethyl adjacent to an activating group) is 1. The van der Waals surface area contributed by atoms with Crippen LogP contribution >= 0.6 is 0 Å². The molecule has 0 spiro atoms. The minimum absolute atomic E-state index is 0.0348. The SMILES string of the molecule is CCN(CC(=O)NC(C)C)C(=O)C(N)c1ccc(C)cc1. The molecule has 0 bridgehead atoms. The van der Waals surface area contributed by atoms with Crippen molar-refractivity contribution in [2.24, 2.45) is 5.73 Å². The lowest BCUT2D eigenvalue weighted by atomic mass is 10.0. The van der Waals surface area contributed by atoms with E-state index in [0.717, 1.165) is 11.1 Å². The molecule has 0 saturated heterocycles. The fourth-order valence-corrected chi connectivity index (χ4v) is 2.00. The Labute approximate surface area is 126 Å². The second-order valence-electron chi connectivity index (χ2n) is 5.46. The van der Waals surface area contributed by atoms with Gasteiger partial charge in [-0.25, -0.2) is 0 Å². The van der Waals surface area contributed by atoms with Crippen LogP contribution in [0.15, 0.2) is 24.3 Å². The first-order valence-corrected chi connectivity index (χ1v) is 7.25. The summed E-state index contributed by atoms with van der Waals surface area (Å²) in [6.45, 7) is 8.06. The second-order valence-corrected chi connectivity index (χ2v) is 5.46. The molecule has 3 N–H and O–H groups in total. The van der Waals surface area contributed by atoms with Gasteiger partial charge in [0.1, 0.15) is 6.04 Å². The molecule has 1 aromatic carbocycles. The lowest BCUT2D eigenvalue weighted by molar-refractivity contribution is -0.137. The molecule has 0 aliphatic heterocycles. The van der Waals surface area contributed by atoms with Gasteiger partial charge in [0.15, 0.2) is 0 Å². The van der Waals surface area contributed by atoms with Crippen LogP contribution < -0.4 is 11.1 Å². The zero-order valence-corrected chi connectivity index (χ0v) is 13.2. The molecule has 5 nitrogen and oxygen atoms in total. The normalized spacial score (nSPS) is 12.1. The predicted octanol–water partition coefficient (Wildman–Crippen LogP) is 1.37. The van der Waals surface area contributed by atoms with Crippen molar-refractivity contribution in [1.82, 2.24) is 10.2 Å². The average molecular weight is 291 g/mol. The molecule has 1 unspecified atom stereocenters. The maximum atomic E-state index is 12.4. The summed E-state index contributed by atoms with van der Waals surface area (Å²) in [5.74, 6) is -0.406. The third kappa shape index (κ3) is 5.19. The maximum Gasteiger partial charge on any atom is 0.244 e. The van der Waals surface area contributed by atoms with Crippen LogP contribution in [0.2, 0.25) is 0 Å². The largest absolute Gasteiger partial charge is 0.352 e. The molecule has 0 radical (unpaired) electrons. The molecule has 0 aliphatic rings. The molecular weight excluding hydrogens is 266 g/mol. The molecular formula is C16H25N3O2. The number of rotatable bonds is 6. The van der Waals surface area contributed by atoms with Crippen molar-refractivity contribution in [3.8, 4) is 0 Å². The zero-order valence-electron chi connectivity index (χ0n) is 13.2. The highest BCUT2D eigenvalue weighted by Gasteiger charge is 2.23. The molecule has 0 aliphatic carbocycles. The third-order valence-corrected chi connectivity index (χ3v) is 3.18. The average Bonchev–Trinajstić information content (AvgIpc) is 2.43. The number of aryl methyl sites for hydroxylation is 1. The summed E-state index contributed by atoms with van der Waals surface area (Å²) in [6, 6.07) is 6.85. The molecule has 0 saturated carbocycles. The Morgan fingerprint density at radius 3 is 2.29 bits per heavy atom. The van der Waals surface area contributed by atoms with Crippen molar-refractivity contribution in [1.29, 1.82) is 0 Å². The molecule has 21 heavy (non-hydrogen) atoms. The van der Waals surface area contributed by atoms with E-state index < -0.39 is 6.04 Å². The highest BCUT2D eigenvalue weighted by Crippen LogP contribution is 2.14. The van der Waals surface area contributed by atoms with Crippen LogP contribution in [-0.2, 0) is 9.59 Å². The number of carbonyl (C=O) groups is 2. The van der Waals surface area contributed by atoms with E-state index in [9.17, 15) is 9.59 Å². The molecule has 1 atom stereocenters. The highest BCUT2D eigenvalue weighted by molar-refractivity contribution is 5.88. The lowest BCUT2D eigenvalue weighted by Crippen LogP contribution is -2.45. The van der Waals surface area contributed by atoms with Gasteiger partial charge in [0.25, 0.3) is 0 Å². The number of hydrogen-bond acceptors (Lipinski definition) is 3. The van der Waals surface area contributed by atoms with Crippen LogP contribution in [0.5, 0.6) is 0 Å². The Kier molecular flexibility index (Phi) is 6.37. The van der Waals surface area contributed by atoms with Gasteiger partial charge >= 0.3 is 0 Å². The van der Waals surface area contributed by atoms with Crippen LogP contribution in [0, 0.1) is 6.92 Å². The number of nitrogens with two attached hydrogens (primary N) is 1. The fourth-order valence-electron chi connectivity index (χ4n) is 2.00. The smallest absolute Gasteiger partial charge is 0.244 e. The van der Waals surface area contributed by atoms with Crippen molar-refractivity contribution in [3.63, 3.8) is 0 Å². The van der Waals surface area contributed by atoms with E-state index in [1.165, 1.54) is 4.90 Å². The van der Waals surface area contributed by atoms with Crippen molar-refractivity contribution >= 4 is 11.8 Å². The van der Waals surface area contributed by atoms with E-state index in [2.05, 4.69) is 5.32 Å². The molecule has 0 heterocycles. The first-order valence-electron chi connectivity index (χ1n) is 7.25. The number of benzene rings is 1. The van der Waals surface area contributed by atoms with Gasteiger partial charge in [0.2, 0.25) is 11.8 Å². The summed E-state index contributed by atoms with van der Waals surface area (Å²) < 4.78 is 0. The minimum Gasteiger partial charge on any atom is -0.352 e. The number of nitrogens with zero attached hydrogens (tertiary/aromatic N) is 1. The molecule has 5 heteroatoms. The summed E-state index contributed by atoms with van der Waals surface area (Å²) in [4.78, 5) is 25.7. The van der Waals surface area contributed by atoms with Gasteiger partial charge in [-0.3, -0.25) is 9.59 Å². The van der Waals surface area contributed by atoms with Gasteiger partial charge in [-0.05, 0) is 33.3 Å². The number of nitrogens with one attached hydrogen (secondary N) is 1. The van der Waals surface area contributed by atoms with Crippen molar-refractivity contribution in [3.05, 3.63) is 35.4 Å². The van der Waals surface area contributed by atoms with Crippen molar-refractivity contribution in [2.45, 2.75) is 39.8 Å². The third-order valence-electron chi connectivity index (χ3n) is 3.18. The van der Waals surface area contributed by atoms with E-state index in [4.69, 9.17) is 5.73 Å². The summed E-state index contributed by atoms with van der Waals surface area (Å²) in [7, 11) is 0. The number of amides is 2. The summed E-state index contributed by atoms with van der Waals surface area (Å²) in [6.07, 6.45) is 0. The molecule has 1 rings (SSSR count). The molecule has 0 aromatic heterocycles. The molecule has 116 valence electrons. The molecule has 0 fully saturated rings. The first-order chi connectivity index (χ1) is 9.85. The Morgan fingerprint density at radius 2 is 1.81 bits per heavy atom. The van der Waals surface area contributed by atoms with Crippen LogP contribution in [-0.4, -0.2) is 35.8 Å². The summed E-state index contributed by atoms with van der Waals surface area (Å²) in [5.41, 5.74) is 7.89. The van der Waals surface area contributed by atoms with Gasteiger partial charge < -0.3 is 16.0 Å². The van der Waals surface area contributed by atoms with Crippen LogP contribution in [0.25, 0.3) is 0 Å². The van der Waals surface area contributed by atoms with Gasteiger partial charge in [0.05, 0.1) is 6.54 Å². The van der Waals surface area contributed by atoms with Crippen LogP contribution in [0.3, 0.4) is 0 Å². The highest BCUT2D eigenvalue weighted by atomic mass is 16.2. The molecule has 2 amide bonds. The molecule has 1 aromatic rings. The van der Waals surface area contributed by atoms with Gasteiger partial charge in [-0.1, -0.05) is 29.8 Å². The predicted molar refractivity (Wildman–Crippen MR) is 83.6 cm³/mol. The minimum atomic E-state index is -0.739. The Hall–Kier alpha value is -1.88. The van der Waals surface area contributed by atoms with E-state index in [-0.39, 0.29) is 24.4 Å². The first kappa shape index (κ1) is 17.2.